The number of azide groups is 1. The number of carboxylic acid groups (broad SMARTS) is 1. The summed E-state index contributed by atoms with van der Waals surface area (Å²) in [7, 11) is 0. The van der Waals surface area contributed by atoms with Gasteiger partial charge in [-0.1, -0.05) is 54.3 Å². The molecule has 0 bridgehead atoms. The van der Waals surface area contributed by atoms with Crippen LogP contribution in [0.15, 0.2) is 52.2 Å². The number of carboxylic acids is 1. The van der Waals surface area contributed by atoms with Crippen molar-refractivity contribution in [1.29, 1.82) is 0 Å². The summed E-state index contributed by atoms with van der Waals surface area (Å²) < 4.78 is 19.5. The average molecular weight is 534 g/mol. The Balaban J connectivity index is 1.88. The predicted octanol–water partition coefficient (Wildman–Crippen LogP) is 6.41. The summed E-state index contributed by atoms with van der Waals surface area (Å²) in [6, 6.07) is 6.74. The number of oxazole rings is 1. The number of aromatic nitrogens is 1. The van der Waals surface area contributed by atoms with Crippen LogP contribution in [0.4, 0.5) is 4.39 Å². The van der Waals surface area contributed by atoms with Crippen LogP contribution in [0.5, 0.6) is 0 Å². The summed E-state index contributed by atoms with van der Waals surface area (Å²) in [6.45, 7) is 3.78. The lowest BCUT2D eigenvalue weighted by atomic mass is 9.97. The molecule has 1 amide bonds. The Kier molecular flexibility index (Phi) is 8.93. The molecule has 0 fully saturated rings. The van der Waals surface area contributed by atoms with Crippen molar-refractivity contribution in [3.05, 3.63) is 86.1 Å². The van der Waals surface area contributed by atoms with Crippen molar-refractivity contribution in [3.63, 3.8) is 0 Å². The second-order valence-corrected chi connectivity index (χ2v) is 9.18. The number of aliphatic carboxylic acids is 1. The fourth-order valence-electron chi connectivity index (χ4n) is 3.49. The highest BCUT2D eigenvalue weighted by Crippen LogP contribution is 2.30. The summed E-state index contributed by atoms with van der Waals surface area (Å²) in [4.78, 5) is 31.1. The summed E-state index contributed by atoms with van der Waals surface area (Å²) in [5, 5.41) is 16.0. The van der Waals surface area contributed by atoms with E-state index in [1.807, 2.05) is 13.8 Å². The maximum absolute atomic E-state index is 14.3. The Hall–Kier alpha value is -3.59. The molecule has 2 N–H and O–H groups in total. The summed E-state index contributed by atoms with van der Waals surface area (Å²) in [5.41, 5.74) is 10.6. The van der Waals surface area contributed by atoms with E-state index in [0.29, 0.717) is 21.8 Å². The van der Waals surface area contributed by atoms with Crippen LogP contribution in [0.25, 0.3) is 21.6 Å². The molecule has 2 aromatic carbocycles. The van der Waals surface area contributed by atoms with E-state index in [2.05, 4.69) is 20.3 Å². The second kappa shape index (κ2) is 11.9. The van der Waals surface area contributed by atoms with Crippen molar-refractivity contribution in [2.45, 2.75) is 44.7 Å². The van der Waals surface area contributed by atoms with E-state index in [9.17, 15) is 19.1 Å². The van der Waals surface area contributed by atoms with E-state index >= 15 is 0 Å². The van der Waals surface area contributed by atoms with E-state index < -0.39 is 29.8 Å². The van der Waals surface area contributed by atoms with Gasteiger partial charge in [0, 0.05) is 26.6 Å². The number of nitrogens with one attached hydrogen (secondary N) is 1. The van der Waals surface area contributed by atoms with Gasteiger partial charge in [0.05, 0.1) is 5.69 Å². The van der Waals surface area contributed by atoms with Crippen LogP contribution in [0.2, 0.25) is 10.0 Å². The fraction of sp³-hybridized carbons (Fsp3) is 0.292. The Morgan fingerprint density at radius 2 is 2.00 bits per heavy atom. The second-order valence-electron chi connectivity index (χ2n) is 8.33. The zero-order valence-corrected chi connectivity index (χ0v) is 20.8. The maximum Gasteiger partial charge on any atom is 0.312 e. The monoisotopic (exact) mass is 533 g/mol. The minimum Gasteiger partial charge on any atom is -0.481 e. The third-order valence-electron chi connectivity index (χ3n) is 5.39. The zero-order valence-electron chi connectivity index (χ0n) is 19.3. The first-order valence-electron chi connectivity index (χ1n) is 10.9. The van der Waals surface area contributed by atoms with E-state index in [-0.39, 0.29) is 35.2 Å². The SMILES string of the molecule is CC(C)c1coc(C(=O)N[C@H](Cc2ccc(-c3cc(Cl)ccc3F)cc2Cl)CC(N=[N+]=[N-])C(=O)O)n1. The summed E-state index contributed by atoms with van der Waals surface area (Å²) in [5.74, 6) is -2.63. The third kappa shape index (κ3) is 6.75. The van der Waals surface area contributed by atoms with Crippen LogP contribution in [0.1, 0.15) is 48.1 Å². The van der Waals surface area contributed by atoms with Gasteiger partial charge in [-0.15, -0.1) is 0 Å². The molecule has 0 spiro atoms. The average Bonchev–Trinajstić information content (AvgIpc) is 3.32. The van der Waals surface area contributed by atoms with E-state index in [0.717, 1.165) is 0 Å². The van der Waals surface area contributed by atoms with Gasteiger partial charge in [-0.25, -0.2) is 9.37 Å². The maximum atomic E-state index is 14.3. The van der Waals surface area contributed by atoms with Gasteiger partial charge in [-0.2, -0.15) is 0 Å². The van der Waals surface area contributed by atoms with Crippen molar-refractivity contribution in [2.75, 3.05) is 0 Å². The smallest absolute Gasteiger partial charge is 0.312 e. The molecule has 188 valence electrons. The topological polar surface area (TPSA) is 141 Å². The lowest BCUT2D eigenvalue weighted by molar-refractivity contribution is -0.138. The molecule has 0 aliphatic heterocycles. The molecule has 2 atom stereocenters. The number of halogens is 3. The zero-order chi connectivity index (χ0) is 26.4. The number of nitrogens with zero attached hydrogens (tertiary/aromatic N) is 4. The van der Waals surface area contributed by atoms with Gasteiger partial charge >= 0.3 is 11.9 Å². The molecule has 1 heterocycles. The molecule has 0 saturated heterocycles. The molecule has 0 aliphatic rings. The minimum absolute atomic E-state index is 0.0362. The van der Waals surface area contributed by atoms with Gasteiger partial charge in [-0.05, 0) is 59.7 Å². The van der Waals surface area contributed by atoms with Crippen molar-refractivity contribution in [1.82, 2.24) is 10.3 Å². The molecule has 1 aromatic heterocycles. The lowest BCUT2D eigenvalue weighted by Gasteiger charge is -2.21. The lowest BCUT2D eigenvalue weighted by Crippen LogP contribution is -2.40. The molecule has 12 heteroatoms. The highest BCUT2D eigenvalue weighted by atomic mass is 35.5. The van der Waals surface area contributed by atoms with E-state index in [4.69, 9.17) is 33.2 Å². The largest absolute Gasteiger partial charge is 0.481 e. The van der Waals surface area contributed by atoms with Crippen LogP contribution >= 0.6 is 23.2 Å². The Labute approximate surface area is 215 Å². The number of hydrogen-bond acceptors (Lipinski definition) is 5. The van der Waals surface area contributed by atoms with Crippen LogP contribution < -0.4 is 5.32 Å². The number of carbonyl (C=O) groups is 2. The Morgan fingerprint density at radius 1 is 1.25 bits per heavy atom. The normalized spacial score (nSPS) is 12.6. The first-order valence-corrected chi connectivity index (χ1v) is 11.6. The Morgan fingerprint density at radius 3 is 2.61 bits per heavy atom. The molecule has 36 heavy (non-hydrogen) atoms. The highest BCUT2D eigenvalue weighted by molar-refractivity contribution is 6.32. The van der Waals surface area contributed by atoms with Crippen molar-refractivity contribution >= 4 is 35.1 Å². The van der Waals surface area contributed by atoms with Crippen molar-refractivity contribution in [3.8, 4) is 11.1 Å². The molecule has 0 aliphatic carbocycles. The fourth-order valence-corrected chi connectivity index (χ4v) is 3.92. The molecule has 3 aromatic rings. The molecule has 1 unspecified atom stereocenters. The number of amides is 1. The molecular weight excluding hydrogens is 512 g/mol. The van der Waals surface area contributed by atoms with Gasteiger partial charge < -0.3 is 14.8 Å². The molecule has 9 nitrogen and oxygen atoms in total. The van der Waals surface area contributed by atoms with Crippen LogP contribution in [0.3, 0.4) is 0 Å². The molecular formula is C24H22Cl2FN5O4. The quantitative estimate of drug-likeness (QED) is 0.176. The third-order valence-corrected chi connectivity index (χ3v) is 5.97. The number of benzene rings is 2. The highest BCUT2D eigenvalue weighted by Gasteiger charge is 2.26. The first kappa shape index (κ1) is 27.0. The summed E-state index contributed by atoms with van der Waals surface area (Å²) >= 11 is 12.5. The Bertz CT molecular complexity index is 1320. The van der Waals surface area contributed by atoms with Gasteiger partial charge in [0.25, 0.3) is 5.89 Å². The van der Waals surface area contributed by atoms with E-state index in [1.54, 1.807) is 18.2 Å². The predicted molar refractivity (Wildman–Crippen MR) is 133 cm³/mol. The van der Waals surface area contributed by atoms with Crippen molar-refractivity contribution < 1.29 is 23.5 Å². The number of rotatable bonds is 10. The van der Waals surface area contributed by atoms with Crippen molar-refractivity contribution in [2.24, 2.45) is 5.11 Å². The molecule has 3 rings (SSSR count). The summed E-state index contributed by atoms with van der Waals surface area (Å²) in [6.07, 6.45) is 1.24. The van der Waals surface area contributed by atoms with Gasteiger partial charge in [0.15, 0.2) is 0 Å². The molecule has 0 saturated carbocycles. The standard InChI is InChI=1S/C24H22Cl2FN5O4/c1-12(2)21-11-36-23(30-21)22(33)29-16(10-20(24(34)35)31-32-28)7-14-4-3-13(8-18(14)26)17-9-15(25)5-6-19(17)27/h3-6,8-9,11-12,16,20H,7,10H2,1-2H3,(H,29,33)(H,34,35)/t16-,20?/m1/s1. The first-order chi connectivity index (χ1) is 17.1. The van der Waals surface area contributed by atoms with Crippen LogP contribution in [-0.2, 0) is 11.2 Å². The van der Waals surface area contributed by atoms with Crippen LogP contribution in [0, 0.1) is 5.82 Å². The van der Waals surface area contributed by atoms with Crippen LogP contribution in [-0.4, -0.2) is 34.1 Å². The molecule has 0 radical (unpaired) electrons. The number of carbonyl (C=O) groups excluding carboxylic acids is 1. The van der Waals surface area contributed by atoms with E-state index in [1.165, 1.54) is 24.5 Å². The minimum atomic E-state index is -1.44. The van der Waals surface area contributed by atoms with Gasteiger partial charge in [-0.3, -0.25) is 9.59 Å². The number of hydrogen-bond donors (Lipinski definition) is 2. The van der Waals surface area contributed by atoms with Gasteiger partial charge in [0.2, 0.25) is 0 Å². The van der Waals surface area contributed by atoms with Gasteiger partial charge in [0.1, 0.15) is 18.1 Å².